The zero-order valence-corrected chi connectivity index (χ0v) is 18.8. The van der Waals surface area contributed by atoms with Gasteiger partial charge in [-0.2, -0.15) is 83.4 Å². The Morgan fingerprint density at radius 1 is 0.405 bits per heavy atom. The van der Waals surface area contributed by atoms with Gasteiger partial charge in [-0.05, 0) is 0 Å². The highest BCUT2D eigenvalue weighted by Crippen LogP contribution is 2.65. The van der Waals surface area contributed by atoms with Gasteiger partial charge in [0.2, 0.25) is 0 Å². The second-order valence-electron chi connectivity index (χ2n) is 7.01. The normalized spacial score (nSPS) is 16.4. The second kappa shape index (κ2) is 9.75. The molecule has 0 radical (unpaired) electrons. The lowest BCUT2D eigenvalue weighted by Crippen LogP contribution is -2.78. The zero-order valence-electron chi connectivity index (χ0n) is 17.8. The molecule has 0 amide bonds. The van der Waals surface area contributed by atoms with Crippen LogP contribution in [0.4, 0.5) is 83.4 Å². The Bertz CT molecular complexity index is 781. The van der Waals surface area contributed by atoms with Crippen LogP contribution in [-0.4, -0.2) is 83.3 Å². The van der Waals surface area contributed by atoms with Crippen molar-refractivity contribution in [1.82, 2.24) is 0 Å². The van der Waals surface area contributed by atoms with Crippen molar-refractivity contribution in [3.05, 3.63) is 0 Å². The molecule has 224 valence electrons. The highest BCUT2D eigenvalue weighted by atomic mass is 28.4. The first-order chi connectivity index (χ1) is 15.9. The molecule has 0 aromatic heterocycles. The molecule has 0 rings (SSSR count). The summed E-state index contributed by atoms with van der Waals surface area (Å²) in [5, 5.41) is 0. The molecule has 0 fully saturated rings. The third-order valence-corrected chi connectivity index (χ3v) is 7.43. The molecule has 23 heteroatoms. The summed E-state index contributed by atoms with van der Waals surface area (Å²) in [6, 6.07) is 0. The van der Waals surface area contributed by atoms with E-state index in [1.165, 1.54) is 0 Å². The van der Waals surface area contributed by atoms with E-state index in [4.69, 9.17) is 0 Å². The maximum atomic E-state index is 14.2. The Morgan fingerprint density at radius 2 is 0.676 bits per heavy atom. The molecule has 0 saturated carbocycles. The van der Waals surface area contributed by atoms with E-state index in [1.807, 2.05) is 0 Å². The van der Waals surface area contributed by atoms with Crippen molar-refractivity contribution in [2.75, 3.05) is 21.3 Å². The predicted octanol–water partition coefficient (Wildman–Crippen LogP) is 6.83. The molecule has 0 aromatic rings. The minimum Gasteiger partial charge on any atom is -0.373 e. The summed E-state index contributed by atoms with van der Waals surface area (Å²) in [5.74, 6) is -57.7. The average molecular weight is 618 g/mol. The topological polar surface area (TPSA) is 27.7 Å². The molecule has 0 saturated heterocycles. The first-order valence-corrected chi connectivity index (χ1v) is 10.4. The van der Waals surface area contributed by atoms with Crippen LogP contribution in [0.1, 0.15) is 12.8 Å². The van der Waals surface area contributed by atoms with Crippen LogP contribution in [0, 0.1) is 0 Å². The van der Waals surface area contributed by atoms with Gasteiger partial charge in [-0.3, -0.25) is 0 Å². The van der Waals surface area contributed by atoms with Crippen molar-refractivity contribution in [1.29, 1.82) is 0 Å². The van der Waals surface area contributed by atoms with Crippen molar-refractivity contribution in [2.45, 2.75) is 66.0 Å². The van der Waals surface area contributed by atoms with Crippen molar-refractivity contribution in [3.8, 4) is 0 Å². The van der Waals surface area contributed by atoms with E-state index in [1.54, 1.807) is 0 Å². The van der Waals surface area contributed by atoms with E-state index in [2.05, 4.69) is 13.3 Å². The van der Waals surface area contributed by atoms with E-state index in [0.717, 1.165) is 0 Å². The summed E-state index contributed by atoms with van der Waals surface area (Å²) in [6.45, 7) is 0. The molecule has 0 aliphatic heterocycles. The lowest BCUT2D eigenvalue weighted by atomic mass is 9.88. The molecule has 0 N–H and O–H groups in total. The fraction of sp³-hybridized carbons (Fsp3) is 1.00. The first kappa shape index (κ1) is 35.8. The minimum atomic E-state index is -8.76. The summed E-state index contributed by atoms with van der Waals surface area (Å²) in [5.41, 5.74) is -6.93. The predicted molar refractivity (Wildman–Crippen MR) is 81.6 cm³/mol. The van der Waals surface area contributed by atoms with Crippen LogP contribution >= 0.6 is 0 Å². The van der Waals surface area contributed by atoms with E-state index >= 15 is 0 Å². The molecule has 3 nitrogen and oxygen atoms in total. The van der Waals surface area contributed by atoms with Crippen LogP contribution in [0.5, 0.6) is 0 Å². The van der Waals surface area contributed by atoms with Gasteiger partial charge in [0.1, 0.15) is 0 Å². The summed E-state index contributed by atoms with van der Waals surface area (Å²) >= 11 is 0. The molecule has 0 aliphatic rings. The van der Waals surface area contributed by atoms with E-state index in [9.17, 15) is 83.4 Å². The van der Waals surface area contributed by atoms with Gasteiger partial charge in [0.15, 0.2) is 0 Å². The maximum Gasteiger partial charge on any atom is 0.581 e. The number of alkyl halides is 19. The molecule has 0 spiro atoms. The van der Waals surface area contributed by atoms with Gasteiger partial charge in [0, 0.05) is 34.2 Å². The summed E-state index contributed by atoms with van der Waals surface area (Å²) < 4.78 is 267. The Kier molecular flexibility index (Phi) is 9.42. The van der Waals surface area contributed by atoms with Gasteiger partial charge in [-0.15, -0.1) is 0 Å². The van der Waals surface area contributed by atoms with Crippen molar-refractivity contribution in [3.63, 3.8) is 0 Å². The lowest BCUT2D eigenvalue weighted by molar-refractivity contribution is -0.451. The van der Waals surface area contributed by atoms with Gasteiger partial charge >= 0.3 is 62.0 Å². The number of halogens is 19. The minimum absolute atomic E-state index is 0.0359. The molecule has 0 heterocycles. The fourth-order valence-corrected chi connectivity index (χ4v) is 4.31. The largest absolute Gasteiger partial charge is 0.581 e. The van der Waals surface area contributed by atoms with Crippen LogP contribution in [0.15, 0.2) is 0 Å². The Hall–Kier alpha value is -1.23. The molecule has 0 aliphatic carbocycles. The van der Waals surface area contributed by atoms with Gasteiger partial charge in [-0.1, -0.05) is 0 Å². The van der Waals surface area contributed by atoms with E-state index in [-0.39, 0.29) is 21.3 Å². The molecule has 0 atom stereocenters. The van der Waals surface area contributed by atoms with Crippen molar-refractivity contribution in [2.24, 2.45) is 0 Å². The van der Waals surface area contributed by atoms with Gasteiger partial charge in [0.05, 0.1) is 0 Å². The Labute approximate surface area is 194 Å². The van der Waals surface area contributed by atoms with E-state index < -0.39 is 74.8 Å². The monoisotopic (exact) mass is 618 g/mol. The molecule has 0 bridgehead atoms. The number of hydrogen-bond donors (Lipinski definition) is 0. The van der Waals surface area contributed by atoms with Crippen LogP contribution < -0.4 is 0 Å². The average Bonchev–Trinajstić information content (AvgIpc) is 2.72. The standard InChI is InChI=1S/C14H13F19O3Si/c1-34-37(35-2,36-3)14(32,33)13(30,31)12(28,29)11(26,27)10(24,25)9(22,23)8(20,21)6(15,16)4-5-7(17,18)19/h4-5H2,1-3H3. The van der Waals surface area contributed by atoms with Crippen LogP contribution in [0.3, 0.4) is 0 Å². The molecule has 0 unspecified atom stereocenters. The fourth-order valence-electron chi connectivity index (χ4n) is 2.50. The quantitative estimate of drug-likeness (QED) is 0.168. The van der Waals surface area contributed by atoms with Gasteiger partial charge in [0.25, 0.3) is 0 Å². The van der Waals surface area contributed by atoms with Gasteiger partial charge < -0.3 is 13.3 Å². The zero-order chi connectivity index (χ0) is 30.5. The SMILES string of the molecule is CO[Si](OC)(OC)C(F)(F)C(F)(F)C(F)(F)C(F)(F)C(F)(F)C(F)(F)C(F)(F)C(F)(F)CCC(F)(F)F. The van der Waals surface area contributed by atoms with Crippen LogP contribution in [0.2, 0.25) is 0 Å². The smallest absolute Gasteiger partial charge is 0.373 e. The number of rotatable bonds is 13. The third-order valence-electron chi connectivity index (χ3n) is 4.74. The Morgan fingerprint density at radius 3 is 0.946 bits per heavy atom. The summed E-state index contributed by atoms with van der Waals surface area (Å²) in [4.78, 5) is 0. The molecular formula is C14H13F19O3Si. The van der Waals surface area contributed by atoms with Crippen molar-refractivity contribution >= 4 is 8.80 Å². The summed E-state index contributed by atoms with van der Waals surface area (Å²) in [6.07, 6.45) is -12.5. The number of hydrogen-bond acceptors (Lipinski definition) is 3. The molecule has 0 aromatic carbocycles. The first-order valence-electron chi connectivity index (χ1n) is 8.63. The highest BCUT2D eigenvalue weighted by Gasteiger charge is 2.97. The van der Waals surface area contributed by atoms with Crippen LogP contribution in [-0.2, 0) is 13.3 Å². The molecular weight excluding hydrogens is 605 g/mol. The highest BCUT2D eigenvalue weighted by molar-refractivity contribution is 6.63. The van der Waals surface area contributed by atoms with Gasteiger partial charge in [-0.25, -0.2) is 0 Å². The van der Waals surface area contributed by atoms with Crippen molar-refractivity contribution < 1.29 is 96.7 Å². The Balaban J connectivity index is 6.94. The molecule has 37 heavy (non-hydrogen) atoms. The maximum absolute atomic E-state index is 14.2. The van der Waals surface area contributed by atoms with E-state index in [0.29, 0.717) is 0 Å². The third kappa shape index (κ3) is 4.96. The summed E-state index contributed by atoms with van der Waals surface area (Å²) in [7, 11) is -6.78. The van der Waals surface area contributed by atoms with Crippen LogP contribution in [0.25, 0.3) is 0 Å². The lowest BCUT2D eigenvalue weighted by Gasteiger charge is -2.45. The second-order valence-corrected chi connectivity index (χ2v) is 9.97.